The van der Waals surface area contributed by atoms with E-state index in [1.165, 1.54) is 0 Å². The second-order valence-corrected chi connectivity index (χ2v) is 7.86. The summed E-state index contributed by atoms with van der Waals surface area (Å²) in [6.07, 6.45) is 1.64. The molecule has 8 nitrogen and oxygen atoms in total. The van der Waals surface area contributed by atoms with Crippen molar-refractivity contribution in [3.63, 3.8) is 0 Å². The van der Waals surface area contributed by atoms with Gasteiger partial charge in [-0.05, 0) is 45.7 Å². The molecule has 2 aromatic rings. The Bertz CT molecular complexity index is 834. The van der Waals surface area contributed by atoms with Gasteiger partial charge >= 0.3 is 6.09 Å². The summed E-state index contributed by atoms with van der Waals surface area (Å²) in [4.78, 5) is 22.3. The number of carbonyl (C=O) groups is 1. The van der Waals surface area contributed by atoms with Crippen molar-refractivity contribution in [1.29, 1.82) is 0 Å². The van der Waals surface area contributed by atoms with Gasteiger partial charge in [0, 0.05) is 19.0 Å². The van der Waals surface area contributed by atoms with Gasteiger partial charge in [-0.2, -0.15) is 4.98 Å². The summed E-state index contributed by atoms with van der Waals surface area (Å²) in [5.74, 6) is 1.28. The van der Waals surface area contributed by atoms with Crippen LogP contribution in [-0.4, -0.2) is 46.3 Å². The van der Waals surface area contributed by atoms with Gasteiger partial charge < -0.3 is 25.8 Å². The molecular weight excluding hydrogens is 346 g/mol. The number of piperidine rings is 1. The number of nitrogen functional groups attached to an aromatic ring is 2. The minimum atomic E-state index is -0.497. The molecule has 8 heteroatoms. The smallest absolute Gasteiger partial charge is 0.410 e. The molecule has 1 amide bonds. The molecule has 1 aromatic heterocycles. The first kappa shape index (κ1) is 19.0. The highest BCUT2D eigenvalue weighted by Crippen LogP contribution is 2.30. The molecular formula is C19H27N5O3. The number of aromatic nitrogens is 2. The molecule has 0 bridgehead atoms. The van der Waals surface area contributed by atoms with E-state index >= 15 is 0 Å². The van der Waals surface area contributed by atoms with E-state index in [0.29, 0.717) is 42.2 Å². The van der Waals surface area contributed by atoms with Crippen LogP contribution in [0.25, 0.3) is 10.9 Å². The van der Waals surface area contributed by atoms with Gasteiger partial charge in [-0.3, -0.25) is 0 Å². The summed E-state index contributed by atoms with van der Waals surface area (Å²) < 4.78 is 11.5. The average Bonchev–Trinajstić information content (AvgIpc) is 2.58. The van der Waals surface area contributed by atoms with Crippen LogP contribution in [-0.2, 0) is 4.74 Å². The molecule has 1 aromatic carbocycles. The van der Waals surface area contributed by atoms with Gasteiger partial charge in [-0.15, -0.1) is 0 Å². The van der Waals surface area contributed by atoms with Crippen molar-refractivity contribution in [2.45, 2.75) is 39.2 Å². The van der Waals surface area contributed by atoms with E-state index in [1.54, 1.807) is 4.90 Å². The number of rotatable bonds is 3. The van der Waals surface area contributed by atoms with Gasteiger partial charge in [0.25, 0.3) is 0 Å². The number of carbonyl (C=O) groups excluding carboxylic acids is 1. The molecule has 0 radical (unpaired) electrons. The minimum absolute atomic E-state index is 0.137. The van der Waals surface area contributed by atoms with Crippen molar-refractivity contribution in [1.82, 2.24) is 14.9 Å². The van der Waals surface area contributed by atoms with E-state index < -0.39 is 5.60 Å². The Kier molecular flexibility index (Phi) is 5.25. The number of nitrogens with zero attached hydrogens (tertiary/aromatic N) is 3. The number of likely N-dealkylation sites (tertiary alicyclic amines) is 1. The summed E-state index contributed by atoms with van der Waals surface area (Å²) >= 11 is 0. The maximum absolute atomic E-state index is 12.3. The Balaban J connectivity index is 1.67. The summed E-state index contributed by atoms with van der Waals surface area (Å²) in [7, 11) is 0. The number of amides is 1. The van der Waals surface area contributed by atoms with Crippen LogP contribution in [0.5, 0.6) is 5.75 Å². The Labute approximate surface area is 158 Å². The third kappa shape index (κ3) is 4.69. The molecule has 1 aliphatic rings. The lowest BCUT2D eigenvalue weighted by Crippen LogP contribution is -2.44. The minimum Gasteiger partial charge on any atom is -0.492 e. The van der Waals surface area contributed by atoms with Crippen LogP contribution < -0.4 is 16.2 Å². The third-order valence-electron chi connectivity index (χ3n) is 4.38. The van der Waals surface area contributed by atoms with Crippen LogP contribution in [0, 0.1) is 5.92 Å². The standard InChI is InChI=1S/C19H27N5O3/c1-19(2,3)27-18(25)24-9-5-6-12(10-24)11-26-14-8-4-7-13-15(14)16(20)23-17(21)22-13/h4,7-8,12H,5-6,9-11H2,1-3H3,(H4,20,21,22,23)/t12-/m1/s1. The second kappa shape index (κ2) is 7.46. The lowest BCUT2D eigenvalue weighted by Gasteiger charge is -2.34. The van der Waals surface area contributed by atoms with Gasteiger partial charge in [0.05, 0.1) is 17.5 Å². The van der Waals surface area contributed by atoms with Crippen molar-refractivity contribution < 1.29 is 14.3 Å². The maximum Gasteiger partial charge on any atom is 0.410 e. The van der Waals surface area contributed by atoms with Gasteiger partial charge in [0.15, 0.2) is 0 Å². The molecule has 1 aliphatic heterocycles. The predicted molar refractivity (Wildman–Crippen MR) is 104 cm³/mol. The van der Waals surface area contributed by atoms with Crippen LogP contribution in [0.2, 0.25) is 0 Å². The van der Waals surface area contributed by atoms with Crippen LogP contribution >= 0.6 is 0 Å². The van der Waals surface area contributed by atoms with Crippen molar-refractivity contribution in [2.24, 2.45) is 5.92 Å². The van der Waals surface area contributed by atoms with Crippen molar-refractivity contribution in [3.8, 4) is 5.75 Å². The first-order chi connectivity index (χ1) is 12.7. The van der Waals surface area contributed by atoms with E-state index in [4.69, 9.17) is 20.9 Å². The summed E-state index contributed by atoms with van der Waals surface area (Å²) in [6, 6.07) is 5.51. The molecule has 3 rings (SSSR count). The normalized spacial score (nSPS) is 17.7. The molecule has 1 fully saturated rings. The Morgan fingerprint density at radius 2 is 2.07 bits per heavy atom. The van der Waals surface area contributed by atoms with Gasteiger partial charge in [0.1, 0.15) is 17.2 Å². The molecule has 146 valence electrons. The number of ether oxygens (including phenoxy) is 2. The number of fused-ring (bicyclic) bond motifs is 1. The zero-order valence-electron chi connectivity index (χ0n) is 16.1. The Morgan fingerprint density at radius 3 is 2.81 bits per heavy atom. The molecule has 2 heterocycles. The van der Waals surface area contributed by atoms with E-state index in [1.807, 2.05) is 39.0 Å². The molecule has 1 saturated heterocycles. The highest BCUT2D eigenvalue weighted by atomic mass is 16.6. The largest absolute Gasteiger partial charge is 0.492 e. The molecule has 1 atom stereocenters. The summed E-state index contributed by atoms with van der Waals surface area (Å²) in [5, 5.41) is 0.659. The van der Waals surface area contributed by atoms with Gasteiger partial charge in [0.2, 0.25) is 5.95 Å². The number of benzene rings is 1. The van der Waals surface area contributed by atoms with Crippen molar-refractivity contribution in [2.75, 3.05) is 31.2 Å². The zero-order valence-corrected chi connectivity index (χ0v) is 16.1. The highest BCUT2D eigenvalue weighted by Gasteiger charge is 2.28. The lowest BCUT2D eigenvalue weighted by molar-refractivity contribution is 0.0140. The first-order valence-corrected chi connectivity index (χ1v) is 9.15. The quantitative estimate of drug-likeness (QED) is 0.849. The summed E-state index contributed by atoms with van der Waals surface area (Å²) in [6.45, 7) is 7.40. The molecule has 0 unspecified atom stereocenters. The fourth-order valence-electron chi connectivity index (χ4n) is 3.22. The molecule has 0 aliphatic carbocycles. The number of anilines is 2. The Hall–Kier alpha value is -2.77. The van der Waals surface area contributed by atoms with E-state index in [9.17, 15) is 4.79 Å². The molecule has 4 N–H and O–H groups in total. The molecule has 27 heavy (non-hydrogen) atoms. The van der Waals surface area contributed by atoms with E-state index in [-0.39, 0.29) is 18.0 Å². The number of hydrogen-bond donors (Lipinski definition) is 2. The number of hydrogen-bond acceptors (Lipinski definition) is 7. The van der Waals surface area contributed by atoms with Crippen LogP contribution in [0.4, 0.5) is 16.6 Å². The third-order valence-corrected chi connectivity index (χ3v) is 4.38. The first-order valence-electron chi connectivity index (χ1n) is 9.15. The SMILES string of the molecule is CC(C)(C)OC(=O)N1CCC[C@@H](COc2cccc3nc(N)nc(N)c23)C1. The van der Waals surface area contributed by atoms with Crippen molar-refractivity contribution >= 4 is 28.8 Å². The molecule has 0 saturated carbocycles. The monoisotopic (exact) mass is 373 g/mol. The molecule has 0 spiro atoms. The fourth-order valence-corrected chi connectivity index (χ4v) is 3.22. The second-order valence-electron chi connectivity index (χ2n) is 7.86. The summed E-state index contributed by atoms with van der Waals surface area (Å²) in [5.41, 5.74) is 11.8. The van der Waals surface area contributed by atoms with Gasteiger partial charge in [-0.25, -0.2) is 9.78 Å². The zero-order chi connectivity index (χ0) is 19.6. The topological polar surface area (TPSA) is 117 Å². The number of nitrogens with two attached hydrogens (primary N) is 2. The average molecular weight is 373 g/mol. The van der Waals surface area contributed by atoms with Crippen molar-refractivity contribution in [3.05, 3.63) is 18.2 Å². The maximum atomic E-state index is 12.3. The fraction of sp³-hybridized carbons (Fsp3) is 0.526. The lowest BCUT2D eigenvalue weighted by atomic mass is 9.99. The van der Waals surface area contributed by atoms with E-state index in [2.05, 4.69) is 9.97 Å². The van der Waals surface area contributed by atoms with Crippen LogP contribution in [0.1, 0.15) is 33.6 Å². The van der Waals surface area contributed by atoms with E-state index in [0.717, 1.165) is 12.8 Å². The van der Waals surface area contributed by atoms with Crippen LogP contribution in [0.3, 0.4) is 0 Å². The van der Waals surface area contributed by atoms with Crippen LogP contribution in [0.15, 0.2) is 18.2 Å². The predicted octanol–water partition coefficient (Wildman–Crippen LogP) is 2.82. The Morgan fingerprint density at radius 1 is 1.30 bits per heavy atom. The van der Waals surface area contributed by atoms with Gasteiger partial charge in [-0.1, -0.05) is 6.07 Å². The highest BCUT2D eigenvalue weighted by molar-refractivity contribution is 5.94.